The first-order chi connectivity index (χ1) is 13.4. The van der Waals surface area contributed by atoms with E-state index in [0.29, 0.717) is 18.0 Å². The number of hydrogen-bond acceptors (Lipinski definition) is 5. The number of methoxy groups -OCH3 is 1. The maximum atomic E-state index is 13.1. The number of amides is 1. The summed E-state index contributed by atoms with van der Waals surface area (Å²) in [6, 6.07) is 10.8. The van der Waals surface area contributed by atoms with Crippen LogP contribution in [0, 0.1) is 5.92 Å². The largest absolute Gasteiger partial charge is 0.468 e. The Kier molecular flexibility index (Phi) is 6.01. The third-order valence-electron chi connectivity index (χ3n) is 5.57. The molecule has 1 saturated heterocycles. The monoisotopic (exact) mass is 401 g/mol. The topological polar surface area (TPSA) is 71.5 Å². The van der Waals surface area contributed by atoms with E-state index in [2.05, 4.69) is 10.3 Å². The number of pyridine rings is 1. The van der Waals surface area contributed by atoms with Crippen LogP contribution in [0.5, 0.6) is 0 Å². The van der Waals surface area contributed by atoms with Crippen LogP contribution in [-0.2, 0) is 20.9 Å². The number of esters is 1. The Morgan fingerprint density at radius 2 is 2.07 bits per heavy atom. The van der Waals surface area contributed by atoms with Gasteiger partial charge in [-0.3, -0.25) is 19.5 Å². The first-order valence-corrected chi connectivity index (χ1v) is 9.48. The molecule has 7 heteroatoms. The van der Waals surface area contributed by atoms with Crippen LogP contribution in [0.25, 0.3) is 0 Å². The number of likely N-dealkylation sites (tertiary alicyclic amines) is 1. The molecule has 0 aliphatic carbocycles. The standard InChI is InChI=1S/C21H24ClN3O3/c1-21(20(27)28-3)11-16(19(26)24-13-14-7-6-10-23-12-14)18(25(21)2)15-8-4-5-9-17(15)22/h4-10,12,16,18H,11,13H2,1-3H3,(H,24,26)/t16-,18-,21-/m0/s1. The predicted molar refractivity (Wildman–Crippen MR) is 107 cm³/mol. The van der Waals surface area contributed by atoms with E-state index in [9.17, 15) is 9.59 Å². The average molecular weight is 402 g/mol. The second kappa shape index (κ2) is 8.29. The number of hydrogen-bond donors (Lipinski definition) is 1. The van der Waals surface area contributed by atoms with E-state index in [-0.39, 0.29) is 17.9 Å². The molecule has 1 aromatic heterocycles. The first kappa shape index (κ1) is 20.3. The van der Waals surface area contributed by atoms with Crippen molar-refractivity contribution in [1.82, 2.24) is 15.2 Å². The summed E-state index contributed by atoms with van der Waals surface area (Å²) in [5.74, 6) is -0.950. The third-order valence-corrected chi connectivity index (χ3v) is 5.91. The van der Waals surface area contributed by atoms with Gasteiger partial charge in [-0.1, -0.05) is 35.9 Å². The van der Waals surface area contributed by atoms with Gasteiger partial charge in [0.2, 0.25) is 5.91 Å². The zero-order valence-corrected chi connectivity index (χ0v) is 16.9. The third kappa shape index (κ3) is 3.75. The minimum absolute atomic E-state index is 0.131. The lowest BCUT2D eigenvalue weighted by Gasteiger charge is -2.33. The summed E-state index contributed by atoms with van der Waals surface area (Å²) >= 11 is 6.44. The quantitative estimate of drug-likeness (QED) is 0.780. The van der Waals surface area contributed by atoms with Crippen LogP contribution in [0.4, 0.5) is 0 Å². The second-order valence-corrected chi connectivity index (χ2v) is 7.64. The van der Waals surface area contributed by atoms with Crippen LogP contribution in [0.1, 0.15) is 30.5 Å². The van der Waals surface area contributed by atoms with E-state index in [4.69, 9.17) is 16.3 Å². The molecule has 148 valence electrons. The van der Waals surface area contributed by atoms with E-state index in [1.807, 2.05) is 42.3 Å². The maximum absolute atomic E-state index is 13.1. The minimum Gasteiger partial charge on any atom is -0.468 e. The highest BCUT2D eigenvalue weighted by Crippen LogP contribution is 2.47. The van der Waals surface area contributed by atoms with Crippen molar-refractivity contribution in [3.63, 3.8) is 0 Å². The molecule has 3 atom stereocenters. The molecule has 2 heterocycles. The van der Waals surface area contributed by atoms with Gasteiger partial charge >= 0.3 is 5.97 Å². The highest BCUT2D eigenvalue weighted by molar-refractivity contribution is 6.31. The number of benzene rings is 1. The van der Waals surface area contributed by atoms with Gasteiger partial charge in [0.15, 0.2) is 0 Å². The molecule has 1 amide bonds. The average Bonchev–Trinajstić information content (AvgIpc) is 2.99. The van der Waals surface area contributed by atoms with Crippen molar-refractivity contribution in [2.75, 3.05) is 14.2 Å². The molecule has 0 bridgehead atoms. The molecule has 1 aliphatic rings. The van der Waals surface area contributed by atoms with Crippen molar-refractivity contribution in [2.45, 2.75) is 31.5 Å². The molecule has 1 aromatic carbocycles. The molecule has 0 saturated carbocycles. The number of nitrogens with zero attached hydrogens (tertiary/aromatic N) is 2. The van der Waals surface area contributed by atoms with Crippen LogP contribution in [0.3, 0.4) is 0 Å². The molecule has 2 aromatic rings. The van der Waals surface area contributed by atoms with Crippen molar-refractivity contribution in [2.24, 2.45) is 5.92 Å². The highest BCUT2D eigenvalue weighted by Gasteiger charge is 2.55. The van der Waals surface area contributed by atoms with Crippen LogP contribution in [0.15, 0.2) is 48.8 Å². The summed E-state index contributed by atoms with van der Waals surface area (Å²) in [6.07, 6.45) is 3.74. The fourth-order valence-corrected chi connectivity index (χ4v) is 4.15. The molecular weight excluding hydrogens is 378 g/mol. The number of likely N-dealkylation sites (N-methyl/N-ethyl adjacent to an activating group) is 1. The summed E-state index contributed by atoms with van der Waals surface area (Å²) < 4.78 is 5.03. The van der Waals surface area contributed by atoms with Gasteiger partial charge in [0.05, 0.1) is 13.0 Å². The summed E-state index contributed by atoms with van der Waals surface area (Å²) in [5, 5.41) is 3.54. The fourth-order valence-electron chi connectivity index (χ4n) is 3.91. The van der Waals surface area contributed by atoms with Gasteiger partial charge < -0.3 is 10.1 Å². The Balaban J connectivity index is 1.90. The minimum atomic E-state index is -0.922. The summed E-state index contributed by atoms with van der Waals surface area (Å²) in [4.78, 5) is 31.6. The molecule has 0 spiro atoms. The highest BCUT2D eigenvalue weighted by atomic mass is 35.5. The number of carbonyl (C=O) groups excluding carboxylic acids is 2. The van der Waals surface area contributed by atoms with Gasteiger partial charge in [-0.25, -0.2) is 0 Å². The number of ether oxygens (including phenoxy) is 1. The van der Waals surface area contributed by atoms with Gasteiger partial charge in [-0.15, -0.1) is 0 Å². The van der Waals surface area contributed by atoms with E-state index in [1.165, 1.54) is 7.11 Å². The molecule has 1 aliphatic heterocycles. The molecular formula is C21H24ClN3O3. The SMILES string of the molecule is COC(=O)[C@]1(C)C[C@H](C(=O)NCc2cccnc2)[C@H](c2ccccc2Cl)N1C. The first-order valence-electron chi connectivity index (χ1n) is 9.11. The fraction of sp³-hybridized carbons (Fsp3) is 0.381. The van der Waals surface area contributed by atoms with Gasteiger partial charge in [0.25, 0.3) is 0 Å². The van der Waals surface area contributed by atoms with Gasteiger partial charge in [-0.2, -0.15) is 0 Å². The zero-order valence-electron chi connectivity index (χ0n) is 16.2. The lowest BCUT2D eigenvalue weighted by atomic mass is 9.89. The van der Waals surface area contributed by atoms with Crippen LogP contribution < -0.4 is 5.32 Å². The van der Waals surface area contributed by atoms with E-state index in [0.717, 1.165) is 11.1 Å². The number of rotatable bonds is 5. The van der Waals surface area contributed by atoms with Crippen LogP contribution in [0.2, 0.25) is 5.02 Å². The summed E-state index contributed by atoms with van der Waals surface area (Å²) in [5.41, 5.74) is 0.808. The van der Waals surface area contributed by atoms with Crippen molar-refractivity contribution in [1.29, 1.82) is 0 Å². The van der Waals surface area contributed by atoms with Crippen molar-refractivity contribution in [3.05, 3.63) is 64.9 Å². The van der Waals surface area contributed by atoms with Crippen LogP contribution >= 0.6 is 11.6 Å². The Labute approximate surface area is 169 Å². The Morgan fingerprint density at radius 3 is 2.71 bits per heavy atom. The van der Waals surface area contributed by atoms with Crippen molar-refractivity contribution >= 4 is 23.5 Å². The molecule has 28 heavy (non-hydrogen) atoms. The summed E-state index contributed by atoms with van der Waals surface area (Å²) in [7, 11) is 3.20. The molecule has 6 nitrogen and oxygen atoms in total. The van der Waals surface area contributed by atoms with Crippen molar-refractivity contribution in [3.8, 4) is 0 Å². The number of halogens is 1. The van der Waals surface area contributed by atoms with Crippen LogP contribution in [-0.4, -0.2) is 41.5 Å². The van der Waals surface area contributed by atoms with Crippen molar-refractivity contribution < 1.29 is 14.3 Å². The normalized spacial score (nSPS) is 24.7. The molecule has 0 unspecified atom stereocenters. The van der Waals surface area contributed by atoms with E-state index >= 15 is 0 Å². The molecule has 1 N–H and O–H groups in total. The van der Waals surface area contributed by atoms with Gasteiger partial charge in [0.1, 0.15) is 5.54 Å². The lowest BCUT2D eigenvalue weighted by Crippen LogP contribution is -2.47. The maximum Gasteiger partial charge on any atom is 0.326 e. The van der Waals surface area contributed by atoms with Gasteiger partial charge in [0, 0.05) is 30.0 Å². The zero-order chi connectivity index (χ0) is 20.3. The Morgan fingerprint density at radius 1 is 1.32 bits per heavy atom. The van der Waals surface area contributed by atoms with E-state index < -0.39 is 11.5 Å². The molecule has 1 fully saturated rings. The molecule has 3 rings (SSSR count). The van der Waals surface area contributed by atoms with E-state index in [1.54, 1.807) is 25.4 Å². The Bertz CT molecular complexity index is 861. The number of nitrogens with one attached hydrogen (secondary N) is 1. The Hall–Kier alpha value is -2.44. The predicted octanol–water partition coefficient (Wildman–Crippen LogP) is 2.98. The number of carbonyl (C=O) groups is 2. The molecule has 0 radical (unpaired) electrons. The second-order valence-electron chi connectivity index (χ2n) is 7.23. The number of aromatic nitrogens is 1. The lowest BCUT2D eigenvalue weighted by molar-refractivity contribution is -0.152. The van der Waals surface area contributed by atoms with Gasteiger partial charge in [-0.05, 0) is 43.7 Å². The smallest absolute Gasteiger partial charge is 0.326 e. The summed E-state index contributed by atoms with van der Waals surface area (Å²) in [6.45, 7) is 2.17.